The van der Waals surface area contributed by atoms with E-state index >= 15 is 0 Å². The zero-order valence-corrected chi connectivity index (χ0v) is 6.52. The Morgan fingerprint density at radius 2 is 2.10 bits per heavy atom. The van der Waals surface area contributed by atoms with Gasteiger partial charge in [0, 0.05) is 31.2 Å². The molecule has 0 bridgehead atoms. The van der Waals surface area contributed by atoms with Crippen LogP contribution in [-0.4, -0.2) is 25.8 Å². The van der Waals surface area contributed by atoms with Gasteiger partial charge in [-0.05, 0) is 19.8 Å². The third-order valence-corrected chi connectivity index (χ3v) is 3.17. The minimum atomic E-state index is 0.623. The minimum Gasteiger partial charge on any atom is -0.381 e. The van der Waals surface area contributed by atoms with Gasteiger partial charge in [-0.1, -0.05) is 0 Å². The van der Waals surface area contributed by atoms with E-state index in [1.54, 1.807) is 0 Å². The average molecular weight is 141 g/mol. The summed E-state index contributed by atoms with van der Waals surface area (Å²) in [7, 11) is 0. The molecule has 2 fully saturated rings. The summed E-state index contributed by atoms with van der Waals surface area (Å²) < 4.78 is 5.32. The predicted octanol–water partition coefficient (Wildman–Crippen LogP) is 0.775. The van der Waals surface area contributed by atoms with Gasteiger partial charge in [-0.15, -0.1) is 0 Å². The molecule has 2 aliphatic rings. The maximum atomic E-state index is 5.32. The first kappa shape index (κ1) is 6.62. The molecule has 2 aliphatic heterocycles. The van der Waals surface area contributed by atoms with E-state index in [-0.39, 0.29) is 0 Å². The topological polar surface area (TPSA) is 21.3 Å². The molecule has 58 valence electrons. The summed E-state index contributed by atoms with van der Waals surface area (Å²) in [5.74, 6) is 0. The summed E-state index contributed by atoms with van der Waals surface area (Å²) >= 11 is 0. The predicted molar refractivity (Wildman–Crippen MR) is 40.0 cm³/mol. The number of ether oxygens (including phenoxy) is 1. The second-order valence-corrected chi connectivity index (χ2v) is 3.58. The molecule has 0 radical (unpaired) electrons. The molecular weight excluding hydrogens is 126 g/mol. The van der Waals surface area contributed by atoms with Crippen molar-refractivity contribution >= 4 is 0 Å². The maximum Gasteiger partial charge on any atom is 0.0472 e. The Kier molecular flexibility index (Phi) is 1.46. The van der Waals surface area contributed by atoms with Crippen LogP contribution in [0, 0.1) is 5.41 Å². The lowest BCUT2D eigenvalue weighted by atomic mass is 9.69. The van der Waals surface area contributed by atoms with Crippen molar-refractivity contribution in [2.75, 3.05) is 19.8 Å². The second kappa shape index (κ2) is 2.21. The Bertz CT molecular complexity index is 129. The molecule has 0 aromatic carbocycles. The molecule has 2 heterocycles. The molecule has 2 rings (SSSR count). The third kappa shape index (κ3) is 0.789. The van der Waals surface area contributed by atoms with Crippen molar-refractivity contribution in [3.05, 3.63) is 0 Å². The number of nitrogens with one attached hydrogen (secondary N) is 1. The molecule has 1 atom stereocenters. The van der Waals surface area contributed by atoms with Crippen LogP contribution in [0.25, 0.3) is 0 Å². The molecule has 2 nitrogen and oxygen atoms in total. The molecule has 10 heavy (non-hydrogen) atoms. The highest BCUT2D eigenvalue weighted by Crippen LogP contribution is 2.38. The van der Waals surface area contributed by atoms with Gasteiger partial charge in [-0.3, -0.25) is 0 Å². The summed E-state index contributed by atoms with van der Waals surface area (Å²) in [6, 6.07) is 0.733. The summed E-state index contributed by atoms with van der Waals surface area (Å²) in [6.07, 6.45) is 2.53. The van der Waals surface area contributed by atoms with Gasteiger partial charge in [-0.2, -0.15) is 0 Å². The average Bonchev–Trinajstić information content (AvgIpc) is 2.04. The quantitative estimate of drug-likeness (QED) is 0.538. The number of rotatable bonds is 0. The number of hydrogen-bond donors (Lipinski definition) is 1. The van der Waals surface area contributed by atoms with Crippen molar-refractivity contribution in [2.24, 2.45) is 5.41 Å². The Balaban J connectivity index is 1.99. The molecular formula is C8H15NO. The first-order valence-corrected chi connectivity index (χ1v) is 4.15. The molecule has 2 saturated heterocycles. The van der Waals surface area contributed by atoms with Crippen molar-refractivity contribution in [3.63, 3.8) is 0 Å². The Labute approximate surface area is 61.9 Å². The highest BCUT2D eigenvalue weighted by molar-refractivity contribution is 5.00. The van der Waals surface area contributed by atoms with Crippen molar-refractivity contribution < 1.29 is 4.74 Å². The van der Waals surface area contributed by atoms with Gasteiger partial charge >= 0.3 is 0 Å². The summed E-state index contributed by atoms with van der Waals surface area (Å²) in [4.78, 5) is 0. The largest absolute Gasteiger partial charge is 0.381 e. The van der Waals surface area contributed by atoms with Gasteiger partial charge in [0.1, 0.15) is 0 Å². The van der Waals surface area contributed by atoms with Crippen LogP contribution in [0.1, 0.15) is 19.8 Å². The molecule has 0 aromatic heterocycles. The summed E-state index contributed by atoms with van der Waals surface area (Å²) in [5.41, 5.74) is 0.623. The molecule has 2 heteroatoms. The fraction of sp³-hybridized carbons (Fsp3) is 1.00. The summed E-state index contributed by atoms with van der Waals surface area (Å²) in [5, 5.41) is 3.41. The van der Waals surface area contributed by atoms with E-state index in [0.29, 0.717) is 5.41 Å². The standard InChI is InChI=1S/C8H15NO/c1-7-8(6-9-7)2-4-10-5-3-8/h7,9H,2-6H2,1H3. The van der Waals surface area contributed by atoms with Gasteiger partial charge in [0.15, 0.2) is 0 Å². The van der Waals surface area contributed by atoms with Gasteiger partial charge < -0.3 is 10.1 Å². The smallest absolute Gasteiger partial charge is 0.0472 e. The van der Waals surface area contributed by atoms with Crippen molar-refractivity contribution in [2.45, 2.75) is 25.8 Å². The van der Waals surface area contributed by atoms with Gasteiger partial charge in [0.2, 0.25) is 0 Å². The van der Waals surface area contributed by atoms with Crippen molar-refractivity contribution in [1.29, 1.82) is 0 Å². The normalized spacial score (nSPS) is 37.5. The van der Waals surface area contributed by atoms with Crippen LogP contribution in [0.5, 0.6) is 0 Å². The van der Waals surface area contributed by atoms with Gasteiger partial charge in [-0.25, -0.2) is 0 Å². The zero-order valence-electron chi connectivity index (χ0n) is 6.52. The van der Waals surface area contributed by atoms with E-state index in [9.17, 15) is 0 Å². The maximum absolute atomic E-state index is 5.32. The second-order valence-electron chi connectivity index (χ2n) is 3.58. The molecule has 0 saturated carbocycles. The number of hydrogen-bond acceptors (Lipinski definition) is 2. The van der Waals surface area contributed by atoms with Crippen molar-refractivity contribution in [1.82, 2.24) is 5.32 Å². The highest BCUT2D eigenvalue weighted by Gasteiger charge is 2.44. The molecule has 1 unspecified atom stereocenters. The van der Waals surface area contributed by atoms with E-state index in [4.69, 9.17) is 4.74 Å². The van der Waals surface area contributed by atoms with Gasteiger partial charge in [0.05, 0.1) is 0 Å². The van der Waals surface area contributed by atoms with E-state index in [1.165, 1.54) is 19.4 Å². The first-order valence-electron chi connectivity index (χ1n) is 4.15. The summed E-state index contributed by atoms with van der Waals surface area (Å²) in [6.45, 7) is 5.46. The monoisotopic (exact) mass is 141 g/mol. The van der Waals surface area contributed by atoms with Crippen LogP contribution < -0.4 is 5.32 Å². The molecule has 0 amide bonds. The van der Waals surface area contributed by atoms with E-state index in [1.807, 2.05) is 0 Å². The van der Waals surface area contributed by atoms with Crippen LogP contribution in [0.15, 0.2) is 0 Å². The van der Waals surface area contributed by atoms with Crippen LogP contribution in [0.4, 0.5) is 0 Å². The Morgan fingerprint density at radius 3 is 2.40 bits per heavy atom. The van der Waals surface area contributed by atoms with E-state index in [0.717, 1.165) is 19.3 Å². The van der Waals surface area contributed by atoms with E-state index < -0.39 is 0 Å². The first-order chi connectivity index (χ1) is 4.83. The fourth-order valence-corrected chi connectivity index (χ4v) is 1.98. The Hall–Kier alpha value is -0.0800. The minimum absolute atomic E-state index is 0.623. The SMILES string of the molecule is CC1NCC12CCOCC2. The molecule has 0 aromatic rings. The highest BCUT2D eigenvalue weighted by atomic mass is 16.5. The molecule has 1 spiro atoms. The lowest BCUT2D eigenvalue weighted by molar-refractivity contribution is -0.0411. The van der Waals surface area contributed by atoms with Gasteiger partial charge in [0.25, 0.3) is 0 Å². The van der Waals surface area contributed by atoms with E-state index in [2.05, 4.69) is 12.2 Å². The van der Waals surface area contributed by atoms with Crippen LogP contribution in [0.2, 0.25) is 0 Å². The van der Waals surface area contributed by atoms with Crippen molar-refractivity contribution in [3.8, 4) is 0 Å². The zero-order chi connectivity index (χ0) is 7.03. The Morgan fingerprint density at radius 1 is 1.40 bits per heavy atom. The van der Waals surface area contributed by atoms with Crippen LogP contribution in [0.3, 0.4) is 0 Å². The molecule has 1 N–H and O–H groups in total. The lowest BCUT2D eigenvalue weighted by Gasteiger charge is -2.51. The lowest BCUT2D eigenvalue weighted by Crippen LogP contribution is -2.62. The fourth-order valence-electron chi connectivity index (χ4n) is 1.98. The van der Waals surface area contributed by atoms with Crippen LogP contribution in [-0.2, 0) is 4.74 Å². The third-order valence-electron chi connectivity index (χ3n) is 3.17. The molecule has 0 aliphatic carbocycles. The van der Waals surface area contributed by atoms with Crippen LogP contribution >= 0.6 is 0 Å².